The van der Waals surface area contributed by atoms with Crippen molar-refractivity contribution in [3.05, 3.63) is 65.5 Å². The minimum atomic E-state index is -1.17. The van der Waals surface area contributed by atoms with E-state index in [1.807, 2.05) is 24.3 Å². The molecule has 2 aromatic carbocycles. The van der Waals surface area contributed by atoms with E-state index in [4.69, 9.17) is 4.74 Å². The van der Waals surface area contributed by atoms with Crippen molar-refractivity contribution in [1.29, 1.82) is 0 Å². The topological polar surface area (TPSA) is 105 Å². The van der Waals surface area contributed by atoms with E-state index in [1.54, 1.807) is 41.2 Å². The molecule has 0 aliphatic carbocycles. The molecule has 5 rings (SSSR count). The molecule has 1 aromatic heterocycles. The molecule has 0 atom stereocenters. The van der Waals surface area contributed by atoms with Crippen LogP contribution in [0.4, 0.5) is 11.4 Å². The zero-order valence-corrected chi connectivity index (χ0v) is 18.7. The summed E-state index contributed by atoms with van der Waals surface area (Å²) in [7, 11) is 1.56. The summed E-state index contributed by atoms with van der Waals surface area (Å²) in [6.07, 6.45) is 2.81. The van der Waals surface area contributed by atoms with Gasteiger partial charge in [-0.2, -0.15) is 5.10 Å². The molecule has 2 aliphatic heterocycles. The minimum absolute atomic E-state index is 0. The molecule has 2 aliphatic rings. The number of aromatic nitrogens is 2. The number of carbonyl (C=O) groups excluding carboxylic acids is 2. The van der Waals surface area contributed by atoms with Gasteiger partial charge < -0.3 is 19.6 Å². The maximum atomic E-state index is 13.6. The number of hydrogen-bond acceptors (Lipinski definition) is 5. The number of methoxy groups -OCH3 is 1. The summed E-state index contributed by atoms with van der Waals surface area (Å²) < 4.78 is 6.59. The van der Waals surface area contributed by atoms with Crippen molar-refractivity contribution in [3.63, 3.8) is 0 Å². The van der Waals surface area contributed by atoms with Gasteiger partial charge in [0.15, 0.2) is 5.69 Å². The number of amides is 2. The Morgan fingerprint density at radius 3 is 2.11 bits per heavy atom. The van der Waals surface area contributed by atoms with Crippen LogP contribution in [0.15, 0.2) is 48.5 Å². The van der Waals surface area contributed by atoms with Gasteiger partial charge in [0.05, 0.1) is 12.8 Å². The normalized spacial score (nSPS) is 15.5. The van der Waals surface area contributed by atoms with E-state index in [2.05, 4.69) is 5.10 Å². The molecule has 1 fully saturated rings. The van der Waals surface area contributed by atoms with Gasteiger partial charge in [-0.1, -0.05) is 0 Å². The number of hydrogen-bond donors (Lipinski definition) is 1. The van der Waals surface area contributed by atoms with E-state index in [9.17, 15) is 19.5 Å². The number of nitrogens with zero attached hydrogens (tertiary/aromatic N) is 4. The third-order valence-corrected chi connectivity index (χ3v) is 6.33. The van der Waals surface area contributed by atoms with Crippen LogP contribution in [-0.4, -0.2) is 82.4 Å². The SMILES string of the molecule is COc1ccc(-n2nc(C(=O)O)c3c2C(=O)N(c2ccc(N4CCCCC4=O)cc2)CC3)cc1.[NaH]. The summed E-state index contributed by atoms with van der Waals surface area (Å²) in [5.41, 5.74) is 2.62. The number of ether oxygens (including phenoxy) is 1. The fourth-order valence-electron chi connectivity index (χ4n) is 4.58. The van der Waals surface area contributed by atoms with E-state index >= 15 is 0 Å². The van der Waals surface area contributed by atoms with Crippen LogP contribution in [0.3, 0.4) is 0 Å². The van der Waals surface area contributed by atoms with Crippen LogP contribution < -0.4 is 14.5 Å². The number of benzene rings is 2. The van der Waals surface area contributed by atoms with Gasteiger partial charge in [0.2, 0.25) is 5.91 Å². The van der Waals surface area contributed by atoms with Crippen molar-refractivity contribution in [2.45, 2.75) is 25.7 Å². The van der Waals surface area contributed by atoms with Gasteiger partial charge in [-0.25, -0.2) is 9.48 Å². The van der Waals surface area contributed by atoms with E-state index in [-0.39, 0.29) is 52.8 Å². The van der Waals surface area contributed by atoms with Gasteiger partial charge in [-0.15, -0.1) is 0 Å². The number of carboxylic acids is 1. The summed E-state index contributed by atoms with van der Waals surface area (Å²) in [4.78, 5) is 41.1. The summed E-state index contributed by atoms with van der Waals surface area (Å²) in [5, 5.41) is 13.9. The first-order valence-electron chi connectivity index (χ1n) is 11.2. The zero-order valence-electron chi connectivity index (χ0n) is 18.7. The second kappa shape index (κ2) is 10.2. The van der Waals surface area contributed by atoms with E-state index in [0.29, 0.717) is 48.6 Å². The average molecular weight is 484 g/mol. The van der Waals surface area contributed by atoms with Crippen LogP contribution >= 0.6 is 0 Å². The Labute approximate surface area is 224 Å². The molecule has 9 nitrogen and oxygen atoms in total. The molecule has 10 heteroatoms. The Morgan fingerprint density at radius 2 is 1.51 bits per heavy atom. The summed E-state index contributed by atoms with van der Waals surface area (Å²) in [6, 6.07) is 14.3. The van der Waals surface area contributed by atoms with Crippen molar-refractivity contribution in [2.75, 3.05) is 30.0 Å². The summed E-state index contributed by atoms with van der Waals surface area (Å²) >= 11 is 0. The number of carbonyl (C=O) groups is 3. The first kappa shape index (κ1) is 25.0. The number of carboxylic acid groups (broad SMARTS) is 1. The Bertz CT molecular complexity index is 1270. The maximum absolute atomic E-state index is 13.6. The quantitative estimate of drug-likeness (QED) is 0.559. The Balaban J connectivity index is 0.00000289. The van der Waals surface area contributed by atoms with Gasteiger partial charge in [0.1, 0.15) is 11.4 Å². The van der Waals surface area contributed by atoms with Crippen LogP contribution in [0.1, 0.15) is 45.8 Å². The molecule has 1 N–H and O–H groups in total. The molecule has 0 unspecified atom stereocenters. The third kappa shape index (κ3) is 4.59. The predicted molar refractivity (Wildman–Crippen MR) is 132 cm³/mol. The zero-order chi connectivity index (χ0) is 23.8. The first-order chi connectivity index (χ1) is 16.5. The van der Waals surface area contributed by atoms with Crippen molar-refractivity contribution in [1.82, 2.24) is 9.78 Å². The summed E-state index contributed by atoms with van der Waals surface area (Å²) in [5.74, 6) is -0.732. The molecule has 3 aromatic rings. The van der Waals surface area contributed by atoms with Crippen LogP contribution in [0.25, 0.3) is 5.69 Å². The molecule has 176 valence electrons. The van der Waals surface area contributed by atoms with E-state index in [1.165, 1.54) is 4.68 Å². The van der Waals surface area contributed by atoms with Crippen LogP contribution in [0, 0.1) is 0 Å². The fourth-order valence-corrected chi connectivity index (χ4v) is 4.58. The van der Waals surface area contributed by atoms with Crippen LogP contribution in [0.2, 0.25) is 0 Å². The number of piperidine rings is 1. The third-order valence-electron chi connectivity index (χ3n) is 6.33. The molecular weight excluding hydrogens is 459 g/mol. The van der Waals surface area contributed by atoms with Gasteiger partial charge in [-0.3, -0.25) is 9.59 Å². The summed E-state index contributed by atoms with van der Waals surface area (Å²) in [6.45, 7) is 1.03. The van der Waals surface area contributed by atoms with E-state index in [0.717, 1.165) is 18.5 Å². The molecule has 0 saturated carbocycles. The second-order valence-corrected chi connectivity index (χ2v) is 8.32. The number of fused-ring (bicyclic) bond motifs is 1. The van der Waals surface area contributed by atoms with Crippen molar-refractivity contribution < 1.29 is 24.2 Å². The molecule has 0 spiro atoms. The average Bonchev–Trinajstić information content (AvgIpc) is 3.26. The fraction of sp³-hybridized carbons (Fsp3) is 0.280. The molecule has 2 amide bonds. The van der Waals surface area contributed by atoms with Crippen molar-refractivity contribution >= 4 is 58.7 Å². The van der Waals surface area contributed by atoms with Gasteiger partial charge in [0, 0.05) is 36.4 Å². The molecule has 0 radical (unpaired) electrons. The van der Waals surface area contributed by atoms with Crippen molar-refractivity contribution in [3.8, 4) is 11.4 Å². The molecule has 0 bridgehead atoms. The number of anilines is 2. The molecular formula is C25H25N4NaO5. The Hall–Kier alpha value is -3.14. The predicted octanol–water partition coefficient (Wildman–Crippen LogP) is 2.65. The van der Waals surface area contributed by atoms with Crippen molar-refractivity contribution in [2.24, 2.45) is 0 Å². The van der Waals surface area contributed by atoms with Crippen LogP contribution in [0.5, 0.6) is 5.75 Å². The number of aromatic carboxylic acids is 1. The second-order valence-electron chi connectivity index (χ2n) is 8.32. The molecule has 35 heavy (non-hydrogen) atoms. The molecule has 3 heterocycles. The Kier molecular flexibility index (Phi) is 7.30. The number of rotatable bonds is 5. The van der Waals surface area contributed by atoms with Gasteiger partial charge >= 0.3 is 35.5 Å². The first-order valence-corrected chi connectivity index (χ1v) is 11.2. The Morgan fingerprint density at radius 1 is 0.886 bits per heavy atom. The standard InChI is InChI=1S/C25H24N4O5.Na.H/c1-34-19-11-9-18(10-12-19)29-23-20(22(26-29)25(32)33)13-15-28(24(23)31)17-7-5-16(6-8-17)27-14-3-2-4-21(27)30;;/h5-12H,2-4,13-15H2,1H3,(H,32,33);;. The van der Waals surface area contributed by atoms with Gasteiger partial charge in [-0.05, 0) is 67.8 Å². The monoisotopic (exact) mass is 484 g/mol. The van der Waals surface area contributed by atoms with Crippen LogP contribution in [-0.2, 0) is 11.2 Å². The molecule has 1 saturated heterocycles. The van der Waals surface area contributed by atoms with Gasteiger partial charge in [0.25, 0.3) is 5.91 Å². The van der Waals surface area contributed by atoms with E-state index < -0.39 is 5.97 Å².